The first-order valence-corrected chi connectivity index (χ1v) is 11.8. The molecule has 2 aromatic rings. The van der Waals surface area contributed by atoms with E-state index < -0.39 is 11.9 Å². The Hall–Kier alpha value is -1.40. The molecule has 1 fully saturated rings. The zero-order valence-corrected chi connectivity index (χ0v) is 19.2. The van der Waals surface area contributed by atoms with Crippen LogP contribution >= 0.6 is 35.1 Å². The van der Waals surface area contributed by atoms with Gasteiger partial charge in [0.1, 0.15) is 11.4 Å². The second kappa shape index (κ2) is 8.99. The van der Waals surface area contributed by atoms with Crippen LogP contribution in [0.15, 0.2) is 41.3 Å². The van der Waals surface area contributed by atoms with Crippen molar-refractivity contribution in [3.63, 3.8) is 0 Å². The van der Waals surface area contributed by atoms with Crippen molar-refractivity contribution in [1.29, 1.82) is 0 Å². The van der Waals surface area contributed by atoms with Gasteiger partial charge < -0.3 is 9.84 Å². The number of carboxylic acids is 1. The number of aliphatic carboxylic acids is 1. The molecule has 2 heterocycles. The summed E-state index contributed by atoms with van der Waals surface area (Å²) in [6, 6.07) is 11.8. The number of hydrogen-bond acceptors (Lipinski definition) is 4. The van der Waals surface area contributed by atoms with Gasteiger partial charge in [-0.05, 0) is 66.6 Å². The molecule has 2 aromatic carbocycles. The van der Waals surface area contributed by atoms with E-state index in [-0.39, 0.29) is 5.60 Å². The Morgan fingerprint density at radius 1 is 1.20 bits per heavy atom. The van der Waals surface area contributed by atoms with E-state index in [0.29, 0.717) is 16.5 Å². The molecule has 0 aliphatic carbocycles. The minimum absolute atomic E-state index is 0.134. The molecule has 30 heavy (non-hydrogen) atoms. The van der Waals surface area contributed by atoms with Crippen molar-refractivity contribution in [3.8, 4) is 5.75 Å². The van der Waals surface area contributed by atoms with E-state index in [2.05, 4.69) is 10.4 Å². The monoisotopic (exact) mass is 465 g/mol. The fourth-order valence-corrected chi connectivity index (χ4v) is 5.57. The lowest BCUT2D eigenvalue weighted by Gasteiger charge is -2.44. The third-order valence-corrected chi connectivity index (χ3v) is 7.86. The highest BCUT2D eigenvalue weighted by molar-refractivity contribution is 7.97. The number of aryl methyl sites for hydroxylation is 1. The number of ether oxygens (including phenoxy) is 1. The van der Waals surface area contributed by atoms with Crippen molar-refractivity contribution >= 4 is 41.1 Å². The van der Waals surface area contributed by atoms with Gasteiger partial charge in [-0.25, -0.2) is 4.31 Å². The van der Waals surface area contributed by atoms with E-state index in [1.54, 1.807) is 24.9 Å². The van der Waals surface area contributed by atoms with Crippen LogP contribution in [0.1, 0.15) is 37.3 Å². The zero-order valence-electron chi connectivity index (χ0n) is 16.9. The van der Waals surface area contributed by atoms with E-state index in [0.717, 1.165) is 55.0 Å². The molecule has 1 saturated heterocycles. The predicted octanol–water partition coefficient (Wildman–Crippen LogP) is 6.12. The fraction of sp³-hybridized carbons (Fsp3) is 0.435. The SMILES string of the molecule is CC(Cc1ccc2c(c1)OC1(CC2)CCN(Sc2ccc(Cl)cc2Cl)CC1)C(=O)O. The average molecular weight is 466 g/mol. The summed E-state index contributed by atoms with van der Waals surface area (Å²) in [5, 5.41) is 10.5. The summed E-state index contributed by atoms with van der Waals surface area (Å²) >= 11 is 14.0. The molecule has 1 unspecified atom stereocenters. The van der Waals surface area contributed by atoms with Crippen molar-refractivity contribution in [2.75, 3.05) is 13.1 Å². The highest BCUT2D eigenvalue weighted by Crippen LogP contribution is 2.42. The third-order valence-electron chi connectivity index (χ3n) is 6.03. The lowest BCUT2D eigenvalue weighted by molar-refractivity contribution is -0.141. The predicted molar refractivity (Wildman–Crippen MR) is 122 cm³/mol. The van der Waals surface area contributed by atoms with Gasteiger partial charge >= 0.3 is 5.97 Å². The summed E-state index contributed by atoms with van der Waals surface area (Å²) in [7, 11) is 0. The summed E-state index contributed by atoms with van der Waals surface area (Å²) in [6.45, 7) is 3.59. The number of benzene rings is 2. The van der Waals surface area contributed by atoms with Crippen LogP contribution in [0, 0.1) is 5.92 Å². The maximum atomic E-state index is 11.2. The molecular weight excluding hydrogens is 441 g/mol. The van der Waals surface area contributed by atoms with Gasteiger partial charge in [0.05, 0.1) is 10.9 Å². The topological polar surface area (TPSA) is 49.8 Å². The number of carboxylic acid groups (broad SMARTS) is 1. The normalized spacial score (nSPS) is 19.2. The minimum atomic E-state index is -0.768. The van der Waals surface area contributed by atoms with E-state index in [1.807, 2.05) is 24.3 Å². The van der Waals surface area contributed by atoms with Gasteiger partial charge in [-0.1, -0.05) is 42.3 Å². The maximum Gasteiger partial charge on any atom is 0.306 e. The summed E-state index contributed by atoms with van der Waals surface area (Å²) < 4.78 is 8.89. The van der Waals surface area contributed by atoms with Crippen LogP contribution in [0.3, 0.4) is 0 Å². The van der Waals surface area contributed by atoms with Crippen LogP contribution in [-0.4, -0.2) is 34.1 Å². The highest BCUT2D eigenvalue weighted by atomic mass is 35.5. The van der Waals surface area contributed by atoms with Crippen molar-refractivity contribution in [1.82, 2.24) is 4.31 Å². The summed E-state index contributed by atoms with van der Waals surface area (Å²) in [5.41, 5.74) is 2.11. The van der Waals surface area contributed by atoms with Crippen LogP contribution in [-0.2, 0) is 17.6 Å². The van der Waals surface area contributed by atoms with Gasteiger partial charge in [-0.3, -0.25) is 4.79 Å². The molecule has 2 aliphatic rings. The Kier molecular flexibility index (Phi) is 6.54. The number of rotatable bonds is 5. The molecule has 4 nitrogen and oxygen atoms in total. The summed E-state index contributed by atoms with van der Waals surface area (Å²) in [5.74, 6) is -0.241. The van der Waals surface area contributed by atoms with Gasteiger partial charge in [0.25, 0.3) is 0 Å². The number of hydrogen-bond donors (Lipinski definition) is 1. The van der Waals surface area contributed by atoms with Crippen LogP contribution < -0.4 is 4.74 Å². The lowest BCUT2D eigenvalue weighted by atomic mass is 9.83. The van der Waals surface area contributed by atoms with Crippen LogP contribution in [0.4, 0.5) is 0 Å². The summed E-state index contributed by atoms with van der Waals surface area (Å²) in [6.07, 6.45) is 4.46. The molecule has 0 amide bonds. The highest BCUT2D eigenvalue weighted by Gasteiger charge is 2.39. The number of carbonyl (C=O) groups is 1. The number of nitrogens with zero attached hydrogens (tertiary/aromatic N) is 1. The molecule has 160 valence electrons. The van der Waals surface area contributed by atoms with E-state index in [4.69, 9.17) is 27.9 Å². The Bertz CT molecular complexity index is 944. The van der Waals surface area contributed by atoms with Gasteiger partial charge in [-0.15, -0.1) is 0 Å². The van der Waals surface area contributed by atoms with Crippen molar-refractivity contribution in [2.24, 2.45) is 5.92 Å². The first-order chi connectivity index (χ1) is 14.3. The van der Waals surface area contributed by atoms with Crippen LogP contribution in [0.25, 0.3) is 0 Å². The number of halogens is 2. The van der Waals surface area contributed by atoms with E-state index >= 15 is 0 Å². The Labute approximate surface area is 191 Å². The second-order valence-corrected chi connectivity index (χ2v) is 10.2. The fourth-order valence-electron chi connectivity index (χ4n) is 4.14. The first-order valence-electron chi connectivity index (χ1n) is 10.3. The molecule has 4 rings (SSSR count). The van der Waals surface area contributed by atoms with Crippen molar-refractivity contribution < 1.29 is 14.6 Å². The standard InChI is InChI=1S/C23H25Cl2NO3S/c1-15(22(27)28)12-16-2-3-17-6-7-23(29-20(17)13-16)8-10-26(11-9-23)30-21-5-4-18(24)14-19(21)25/h2-5,13-15H,6-12H2,1H3,(H,27,28). The van der Waals surface area contributed by atoms with Gasteiger partial charge in [0.2, 0.25) is 0 Å². The molecule has 1 N–H and O–H groups in total. The van der Waals surface area contributed by atoms with Gasteiger partial charge in [0.15, 0.2) is 0 Å². The van der Waals surface area contributed by atoms with E-state index in [1.165, 1.54) is 5.56 Å². The summed E-state index contributed by atoms with van der Waals surface area (Å²) in [4.78, 5) is 12.2. The molecular formula is C23H25Cl2NO3S. The minimum Gasteiger partial charge on any atom is -0.487 e. The molecule has 1 spiro atoms. The largest absolute Gasteiger partial charge is 0.487 e. The number of fused-ring (bicyclic) bond motifs is 1. The lowest BCUT2D eigenvalue weighted by Crippen LogP contribution is -2.48. The van der Waals surface area contributed by atoms with Gasteiger partial charge in [-0.2, -0.15) is 0 Å². The average Bonchev–Trinajstić information content (AvgIpc) is 2.71. The molecule has 0 bridgehead atoms. The quantitative estimate of drug-likeness (QED) is 0.538. The van der Waals surface area contributed by atoms with Crippen LogP contribution in [0.2, 0.25) is 10.0 Å². The van der Waals surface area contributed by atoms with E-state index in [9.17, 15) is 9.90 Å². The third kappa shape index (κ3) is 4.91. The maximum absolute atomic E-state index is 11.2. The molecule has 0 aromatic heterocycles. The van der Waals surface area contributed by atoms with Gasteiger partial charge in [0, 0.05) is 35.8 Å². The van der Waals surface area contributed by atoms with Crippen molar-refractivity contribution in [2.45, 2.75) is 49.5 Å². The molecule has 1 atom stereocenters. The van der Waals surface area contributed by atoms with Crippen LogP contribution in [0.5, 0.6) is 5.75 Å². The zero-order chi connectivity index (χ0) is 21.3. The molecule has 0 radical (unpaired) electrons. The Morgan fingerprint density at radius 3 is 2.67 bits per heavy atom. The Balaban J connectivity index is 1.40. The Morgan fingerprint density at radius 2 is 1.97 bits per heavy atom. The first kappa shape index (κ1) is 21.8. The van der Waals surface area contributed by atoms with Crippen molar-refractivity contribution in [3.05, 3.63) is 57.6 Å². The second-order valence-electron chi connectivity index (χ2n) is 8.27. The molecule has 2 aliphatic heterocycles. The molecule has 0 saturated carbocycles. The smallest absolute Gasteiger partial charge is 0.306 e. The number of piperidine rings is 1. The molecule has 7 heteroatoms.